The summed E-state index contributed by atoms with van der Waals surface area (Å²) in [6, 6.07) is 0. The highest BCUT2D eigenvalue weighted by Crippen LogP contribution is 2.43. The molecule has 1 spiro atoms. The van der Waals surface area contributed by atoms with E-state index in [-0.39, 0.29) is 11.7 Å². The smallest absolute Gasteiger partial charge is 0.244 e. The first-order valence-electron chi connectivity index (χ1n) is 8.55. The van der Waals surface area contributed by atoms with Crippen LogP contribution >= 0.6 is 0 Å². The van der Waals surface area contributed by atoms with E-state index >= 15 is 0 Å². The second kappa shape index (κ2) is 6.46. The van der Waals surface area contributed by atoms with Gasteiger partial charge in [-0.25, -0.2) is 0 Å². The van der Waals surface area contributed by atoms with Crippen molar-refractivity contribution in [1.82, 2.24) is 10.2 Å². The third-order valence-corrected chi connectivity index (χ3v) is 4.74. The largest absolute Gasteiger partial charge is 0.325 e. The second-order valence-corrected chi connectivity index (χ2v) is 7.51. The average molecular weight is 280 g/mol. The van der Waals surface area contributed by atoms with Crippen LogP contribution in [0.4, 0.5) is 0 Å². The van der Waals surface area contributed by atoms with Crippen LogP contribution in [-0.2, 0) is 4.79 Å². The van der Waals surface area contributed by atoms with Gasteiger partial charge in [-0.05, 0) is 31.1 Å². The molecule has 20 heavy (non-hydrogen) atoms. The second-order valence-electron chi connectivity index (χ2n) is 7.51. The molecule has 0 radical (unpaired) electrons. The Morgan fingerprint density at radius 3 is 2.35 bits per heavy atom. The van der Waals surface area contributed by atoms with Crippen LogP contribution in [-0.4, -0.2) is 29.1 Å². The number of nitrogens with one attached hydrogen (secondary N) is 1. The van der Waals surface area contributed by atoms with Crippen LogP contribution in [0.25, 0.3) is 0 Å². The summed E-state index contributed by atoms with van der Waals surface area (Å²) in [5, 5.41) is 3.58. The topological polar surface area (TPSA) is 32.3 Å². The van der Waals surface area contributed by atoms with Crippen molar-refractivity contribution in [3.8, 4) is 0 Å². The van der Waals surface area contributed by atoms with Crippen molar-refractivity contribution in [2.45, 2.75) is 84.3 Å². The highest BCUT2D eigenvalue weighted by atomic mass is 16.2. The lowest BCUT2D eigenvalue weighted by Gasteiger charge is -2.27. The van der Waals surface area contributed by atoms with Gasteiger partial charge in [0.15, 0.2) is 0 Å². The monoisotopic (exact) mass is 280 g/mol. The zero-order valence-electron chi connectivity index (χ0n) is 13.7. The Labute approximate surface area is 124 Å². The van der Waals surface area contributed by atoms with Gasteiger partial charge in [-0.3, -0.25) is 10.1 Å². The molecule has 0 bridgehead atoms. The summed E-state index contributed by atoms with van der Waals surface area (Å²) in [5.74, 6) is 1.69. The average Bonchev–Trinajstić information content (AvgIpc) is 3.10. The Morgan fingerprint density at radius 1 is 1.15 bits per heavy atom. The molecule has 3 nitrogen and oxygen atoms in total. The van der Waals surface area contributed by atoms with E-state index in [1.165, 1.54) is 25.7 Å². The maximum atomic E-state index is 12.5. The van der Waals surface area contributed by atoms with E-state index in [2.05, 4.69) is 37.9 Å². The predicted molar refractivity (Wildman–Crippen MR) is 83.4 cm³/mol. The van der Waals surface area contributed by atoms with E-state index in [1.807, 2.05) is 0 Å². The third kappa shape index (κ3) is 3.55. The maximum Gasteiger partial charge on any atom is 0.244 e. The van der Waals surface area contributed by atoms with Crippen molar-refractivity contribution in [3.63, 3.8) is 0 Å². The zero-order chi connectivity index (χ0) is 14.8. The van der Waals surface area contributed by atoms with E-state index < -0.39 is 0 Å². The summed E-state index contributed by atoms with van der Waals surface area (Å²) >= 11 is 0. The van der Waals surface area contributed by atoms with Gasteiger partial charge in [0.1, 0.15) is 0 Å². The SMILES string of the molecule is CC(C)CCCCCCN1C(=O)C2(CC2)NC1C(C)C. The molecule has 2 aliphatic rings. The quantitative estimate of drug-likeness (QED) is 0.690. The Bertz CT molecular complexity index is 334. The van der Waals surface area contributed by atoms with Crippen molar-refractivity contribution in [1.29, 1.82) is 0 Å². The van der Waals surface area contributed by atoms with Gasteiger partial charge in [-0.15, -0.1) is 0 Å². The number of rotatable bonds is 8. The highest BCUT2D eigenvalue weighted by molar-refractivity contribution is 5.91. The molecule has 0 aromatic rings. The first-order chi connectivity index (χ1) is 9.46. The highest BCUT2D eigenvalue weighted by Gasteiger charge is 2.59. The molecule has 1 aliphatic heterocycles. The standard InChI is InChI=1S/C17H32N2O/c1-13(2)9-7-5-6-8-12-19-15(14(3)4)18-17(10-11-17)16(19)20/h13-15,18H,5-12H2,1-4H3. The number of carbonyl (C=O) groups is 1. The van der Waals surface area contributed by atoms with Crippen LogP contribution in [0.2, 0.25) is 0 Å². The summed E-state index contributed by atoms with van der Waals surface area (Å²) in [7, 11) is 0. The van der Waals surface area contributed by atoms with Crippen LogP contribution in [0, 0.1) is 11.8 Å². The molecule has 1 N–H and O–H groups in total. The third-order valence-electron chi connectivity index (χ3n) is 4.74. The van der Waals surface area contributed by atoms with Crippen LogP contribution in [0.15, 0.2) is 0 Å². The van der Waals surface area contributed by atoms with Gasteiger partial charge < -0.3 is 4.90 Å². The minimum Gasteiger partial charge on any atom is -0.325 e. The van der Waals surface area contributed by atoms with E-state index in [0.717, 1.165) is 31.7 Å². The van der Waals surface area contributed by atoms with E-state index in [1.54, 1.807) is 0 Å². The predicted octanol–water partition coefficient (Wildman–Crippen LogP) is 3.54. The molecule has 116 valence electrons. The minimum atomic E-state index is -0.146. The van der Waals surface area contributed by atoms with Crippen molar-refractivity contribution in [2.75, 3.05) is 6.54 Å². The fraction of sp³-hybridized carbons (Fsp3) is 0.941. The van der Waals surface area contributed by atoms with Crippen LogP contribution < -0.4 is 5.32 Å². The van der Waals surface area contributed by atoms with Gasteiger partial charge in [0.25, 0.3) is 0 Å². The van der Waals surface area contributed by atoms with Crippen molar-refractivity contribution < 1.29 is 4.79 Å². The molecule has 3 heteroatoms. The van der Waals surface area contributed by atoms with Gasteiger partial charge in [0.2, 0.25) is 5.91 Å². The molecule has 1 atom stereocenters. The van der Waals surface area contributed by atoms with Crippen LogP contribution in [0.3, 0.4) is 0 Å². The number of hydrogen-bond acceptors (Lipinski definition) is 2. The van der Waals surface area contributed by atoms with Crippen molar-refractivity contribution in [3.05, 3.63) is 0 Å². The molecule has 2 rings (SSSR count). The summed E-state index contributed by atoms with van der Waals surface area (Å²) in [6.45, 7) is 9.94. The lowest BCUT2D eigenvalue weighted by molar-refractivity contribution is -0.131. The number of nitrogens with zero attached hydrogens (tertiary/aromatic N) is 1. The maximum absolute atomic E-state index is 12.5. The molecular weight excluding hydrogens is 248 g/mol. The molecule has 1 heterocycles. The molecule has 0 aromatic heterocycles. The fourth-order valence-electron chi connectivity index (χ4n) is 3.26. The normalized spacial score (nSPS) is 24.4. The number of amides is 1. The molecule has 1 saturated carbocycles. The Morgan fingerprint density at radius 2 is 1.80 bits per heavy atom. The Balaban J connectivity index is 1.72. The molecule has 0 aromatic carbocycles. The lowest BCUT2D eigenvalue weighted by Crippen LogP contribution is -2.42. The van der Waals surface area contributed by atoms with Gasteiger partial charge >= 0.3 is 0 Å². The molecule has 1 saturated heterocycles. The summed E-state index contributed by atoms with van der Waals surface area (Å²) in [5.41, 5.74) is -0.146. The fourth-order valence-corrected chi connectivity index (χ4v) is 3.26. The summed E-state index contributed by atoms with van der Waals surface area (Å²) in [6.07, 6.45) is 8.74. The number of carbonyl (C=O) groups excluding carboxylic acids is 1. The van der Waals surface area contributed by atoms with Crippen molar-refractivity contribution >= 4 is 5.91 Å². The van der Waals surface area contributed by atoms with Crippen molar-refractivity contribution in [2.24, 2.45) is 11.8 Å². The van der Waals surface area contributed by atoms with Gasteiger partial charge in [-0.2, -0.15) is 0 Å². The summed E-state index contributed by atoms with van der Waals surface area (Å²) < 4.78 is 0. The molecule has 1 aliphatic carbocycles. The van der Waals surface area contributed by atoms with Crippen LogP contribution in [0.5, 0.6) is 0 Å². The molecule has 1 unspecified atom stereocenters. The molecule has 2 fully saturated rings. The van der Waals surface area contributed by atoms with E-state index in [0.29, 0.717) is 11.8 Å². The first kappa shape index (κ1) is 15.8. The zero-order valence-corrected chi connectivity index (χ0v) is 13.7. The number of unbranched alkanes of at least 4 members (excludes halogenated alkanes) is 3. The van der Waals surface area contributed by atoms with E-state index in [4.69, 9.17) is 0 Å². The first-order valence-corrected chi connectivity index (χ1v) is 8.55. The van der Waals surface area contributed by atoms with Crippen LogP contribution in [0.1, 0.15) is 72.6 Å². The number of hydrogen-bond donors (Lipinski definition) is 1. The molecule has 1 amide bonds. The Hall–Kier alpha value is -0.570. The van der Waals surface area contributed by atoms with Gasteiger partial charge in [0, 0.05) is 6.54 Å². The lowest BCUT2D eigenvalue weighted by atomic mass is 10.0. The van der Waals surface area contributed by atoms with Gasteiger partial charge in [-0.1, -0.05) is 53.4 Å². The Kier molecular flexibility index (Phi) is 5.11. The van der Waals surface area contributed by atoms with Gasteiger partial charge in [0.05, 0.1) is 11.7 Å². The summed E-state index contributed by atoms with van der Waals surface area (Å²) in [4.78, 5) is 14.6. The van der Waals surface area contributed by atoms with E-state index in [9.17, 15) is 4.79 Å². The minimum absolute atomic E-state index is 0.146. The molecular formula is C17H32N2O.